The fourth-order valence-corrected chi connectivity index (χ4v) is 3.66. The molecule has 0 spiro atoms. The predicted molar refractivity (Wildman–Crippen MR) is 98.0 cm³/mol. The normalized spacial score (nSPS) is 20.3. The molecule has 2 fully saturated rings. The lowest BCUT2D eigenvalue weighted by atomic mass is 10.1. The largest absolute Gasteiger partial charge is 0.491 e. The van der Waals surface area contributed by atoms with E-state index in [1.807, 2.05) is 29.2 Å². The summed E-state index contributed by atoms with van der Waals surface area (Å²) in [7, 11) is 0. The molecule has 0 aliphatic carbocycles. The number of aliphatic hydroxyl groups excluding tert-OH is 1. The van der Waals surface area contributed by atoms with E-state index in [0.717, 1.165) is 39.0 Å². The van der Waals surface area contributed by atoms with E-state index in [2.05, 4.69) is 4.90 Å². The van der Waals surface area contributed by atoms with Crippen LogP contribution in [0.4, 0.5) is 0 Å². The Hall–Kier alpha value is -1.59. The van der Waals surface area contributed by atoms with Crippen LogP contribution in [-0.2, 0) is 0 Å². The summed E-state index contributed by atoms with van der Waals surface area (Å²) >= 11 is 0. The van der Waals surface area contributed by atoms with Gasteiger partial charge in [-0.05, 0) is 69.5 Å². The summed E-state index contributed by atoms with van der Waals surface area (Å²) < 4.78 is 5.69. The maximum atomic E-state index is 12.4. The number of carbonyl (C=O) groups is 1. The Morgan fingerprint density at radius 3 is 2.20 bits per heavy atom. The Kier molecular flexibility index (Phi) is 6.70. The smallest absolute Gasteiger partial charge is 0.253 e. The van der Waals surface area contributed by atoms with Crippen molar-refractivity contribution in [1.82, 2.24) is 9.80 Å². The Morgan fingerprint density at radius 1 is 0.960 bits per heavy atom. The SMILES string of the molecule is O=C(c1ccc(OC[C@@H](O)CN2CCCCC2)cc1)N1CCCCC1. The number of ether oxygens (including phenoxy) is 1. The number of likely N-dealkylation sites (tertiary alicyclic amines) is 2. The highest BCUT2D eigenvalue weighted by molar-refractivity contribution is 5.94. The average molecular weight is 346 g/mol. The van der Waals surface area contributed by atoms with Crippen molar-refractivity contribution >= 4 is 5.91 Å². The molecule has 2 aliphatic rings. The summed E-state index contributed by atoms with van der Waals surface area (Å²) in [6.45, 7) is 4.83. The first-order valence-corrected chi connectivity index (χ1v) is 9.65. The maximum absolute atomic E-state index is 12.4. The Balaban J connectivity index is 1.44. The average Bonchev–Trinajstić information content (AvgIpc) is 2.68. The van der Waals surface area contributed by atoms with Gasteiger partial charge in [-0.2, -0.15) is 0 Å². The van der Waals surface area contributed by atoms with Crippen LogP contribution in [0.2, 0.25) is 0 Å². The number of carbonyl (C=O) groups excluding carboxylic acids is 1. The molecule has 1 aromatic rings. The molecular formula is C20H30N2O3. The van der Waals surface area contributed by atoms with E-state index in [9.17, 15) is 9.90 Å². The van der Waals surface area contributed by atoms with Gasteiger partial charge in [0.25, 0.3) is 5.91 Å². The number of nitrogens with zero attached hydrogens (tertiary/aromatic N) is 2. The highest BCUT2D eigenvalue weighted by Gasteiger charge is 2.18. The van der Waals surface area contributed by atoms with E-state index in [4.69, 9.17) is 4.74 Å². The summed E-state index contributed by atoms with van der Waals surface area (Å²) in [6.07, 6.45) is 6.68. The second-order valence-corrected chi connectivity index (χ2v) is 7.20. The summed E-state index contributed by atoms with van der Waals surface area (Å²) in [4.78, 5) is 16.7. The number of hydrogen-bond acceptors (Lipinski definition) is 4. The molecule has 5 heteroatoms. The second kappa shape index (κ2) is 9.20. The third kappa shape index (κ3) is 5.44. The van der Waals surface area contributed by atoms with Crippen LogP contribution in [0.15, 0.2) is 24.3 Å². The van der Waals surface area contributed by atoms with E-state index < -0.39 is 6.10 Å². The molecule has 1 amide bonds. The van der Waals surface area contributed by atoms with Crippen LogP contribution in [0.5, 0.6) is 5.75 Å². The van der Waals surface area contributed by atoms with Crippen molar-refractivity contribution in [3.05, 3.63) is 29.8 Å². The van der Waals surface area contributed by atoms with Gasteiger partial charge >= 0.3 is 0 Å². The van der Waals surface area contributed by atoms with Gasteiger partial charge in [0.05, 0.1) is 0 Å². The van der Waals surface area contributed by atoms with E-state index in [1.54, 1.807) is 0 Å². The number of amides is 1. The molecule has 2 heterocycles. The summed E-state index contributed by atoms with van der Waals surface area (Å²) in [6, 6.07) is 7.29. The van der Waals surface area contributed by atoms with E-state index in [1.165, 1.54) is 25.7 Å². The molecule has 0 radical (unpaired) electrons. The minimum atomic E-state index is -0.479. The molecule has 3 rings (SSSR count). The first kappa shape index (κ1) is 18.2. The highest BCUT2D eigenvalue weighted by Crippen LogP contribution is 2.17. The van der Waals surface area contributed by atoms with Crippen LogP contribution in [0.25, 0.3) is 0 Å². The zero-order valence-electron chi connectivity index (χ0n) is 15.0. The van der Waals surface area contributed by atoms with Crippen LogP contribution >= 0.6 is 0 Å². The molecule has 138 valence electrons. The van der Waals surface area contributed by atoms with Crippen molar-refractivity contribution < 1.29 is 14.6 Å². The van der Waals surface area contributed by atoms with E-state index in [-0.39, 0.29) is 12.5 Å². The molecule has 1 N–H and O–H groups in total. The van der Waals surface area contributed by atoms with Gasteiger partial charge < -0.3 is 19.6 Å². The number of aliphatic hydroxyl groups is 1. The molecule has 5 nitrogen and oxygen atoms in total. The van der Waals surface area contributed by atoms with Crippen molar-refractivity contribution in [2.75, 3.05) is 39.3 Å². The quantitative estimate of drug-likeness (QED) is 0.860. The van der Waals surface area contributed by atoms with Crippen molar-refractivity contribution in [1.29, 1.82) is 0 Å². The minimum absolute atomic E-state index is 0.108. The van der Waals surface area contributed by atoms with Gasteiger partial charge in [0.1, 0.15) is 18.5 Å². The molecule has 2 aliphatic heterocycles. The molecule has 0 bridgehead atoms. The zero-order chi connectivity index (χ0) is 17.5. The molecule has 0 aromatic heterocycles. The van der Waals surface area contributed by atoms with Gasteiger partial charge in [-0.15, -0.1) is 0 Å². The molecule has 0 unspecified atom stereocenters. The van der Waals surface area contributed by atoms with Crippen LogP contribution in [0.1, 0.15) is 48.9 Å². The first-order valence-electron chi connectivity index (χ1n) is 9.65. The number of rotatable bonds is 6. The van der Waals surface area contributed by atoms with Crippen molar-refractivity contribution in [3.8, 4) is 5.75 Å². The van der Waals surface area contributed by atoms with Crippen LogP contribution < -0.4 is 4.74 Å². The number of β-amino-alcohol motifs (C(OH)–C–C–N with tert-alkyl or cyclic N) is 1. The zero-order valence-corrected chi connectivity index (χ0v) is 15.0. The molecule has 2 saturated heterocycles. The molecule has 25 heavy (non-hydrogen) atoms. The van der Waals surface area contributed by atoms with Gasteiger partial charge in [-0.25, -0.2) is 0 Å². The van der Waals surface area contributed by atoms with Crippen LogP contribution in [-0.4, -0.2) is 66.2 Å². The van der Waals surface area contributed by atoms with Crippen LogP contribution in [0, 0.1) is 0 Å². The summed E-state index contributed by atoms with van der Waals surface area (Å²) in [5.41, 5.74) is 0.711. The monoisotopic (exact) mass is 346 g/mol. The van der Waals surface area contributed by atoms with Crippen molar-refractivity contribution in [3.63, 3.8) is 0 Å². The van der Waals surface area contributed by atoms with E-state index in [0.29, 0.717) is 17.9 Å². The summed E-state index contributed by atoms with van der Waals surface area (Å²) in [5.74, 6) is 0.810. The molecule has 1 atom stereocenters. The third-order valence-electron chi connectivity index (χ3n) is 5.10. The van der Waals surface area contributed by atoms with Gasteiger partial charge in [-0.3, -0.25) is 4.79 Å². The maximum Gasteiger partial charge on any atom is 0.253 e. The lowest BCUT2D eigenvalue weighted by molar-refractivity contribution is 0.0616. The van der Waals surface area contributed by atoms with Gasteiger partial charge in [0, 0.05) is 25.2 Å². The minimum Gasteiger partial charge on any atom is -0.491 e. The topological polar surface area (TPSA) is 53.0 Å². The Bertz CT molecular complexity index is 534. The fraction of sp³-hybridized carbons (Fsp3) is 0.650. The molecule has 1 aromatic carbocycles. The molecule has 0 saturated carbocycles. The van der Waals surface area contributed by atoms with Gasteiger partial charge in [0.15, 0.2) is 0 Å². The number of piperidine rings is 2. The first-order chi connectivity index (χ1) is 12.2. The number of benzene rings is 1. The van der Waals surface area contributed by atoms with Gasteiger partial charge in [0.2, 0.25) is 0 Å². The Morgan fingerprint density at radius 2 is 1.56 bits per heavy atom. The number of hydrogen-bond donors (Lipinski definition) is 1. The van der Waals surface area contributed by atoms with E-state index >= 15 is 0 Å². The Labute approximate surface area is 150 Å². The predicted octanol–water partition coefficient (Wildman–Crippen LogP) is 2.54. The highest BCUT2D eigenvalue weighted by atomic mass is 16.5. The standard InChI is InChI=1S/C20H30N2O3/c23-18(15-21-11-3-1-4-12-21)16-25-19-9-7-17(8-10-19)20(24)22-13-5-2-6-14-22/h7-10,18,23H,1-6,11-16H2/t18-/m0/s1. The fourth-order valence-electron chi connectivity index (χ4n) is 3.66. The second-order valence-electron chi connectivity index (χ2n) is 7.20. The van der Waals surface area contributed by atoms with Crippen molar-refractivity contribution in [2.45, 2.75) is 44.6 Å². The van der Waals surface area contributed by atoms with Crippen LogP contribution in [0.3, 0.4) is 0 Å². The lowest BCUT2D eigenvalue weighted by Crippen LogP contribution is -2.38. The molecular weight excluding hydrogens is 316 g/mol. The lowest BCUT2D eigenvalue weighted by Gasteiger charge is -2.28. The summed E-state index contributed by atoms with van der Waals surface area (Å²) in [5, 5.41) is 10.1. The third-order valence-corrected chi connectivity index (χ3v) is 5.10. The van der Waals surface area contributed by atoms with Gasteiger partial charge in [-0.1, -0.05) is 6.42 Å². The van der Waals surface area contributed by atoms with Crippen molar-refractivity contribution in [2.24, 2.45) is 0 Å².